The molecule has 1 aromatic heterocycles. The highest BCUT2D eigenvalue weighted by atomic mass is 35.5. The number of nitrogens with one attached hydrogen (secondary N) is 1. The van der Waals surface area contributed by atoms with Crippen LogP contribution in [0.25, 0.3) is 10.9 Å². The van der Waals surface area contributed by atoms with Crippen molar-refractivity contribution in [3.63, 3.8) is 0 Å². The highest BCUT2D eigenvalue weighted by Gasteiger charge is 2.16. The Morgan fingerprint density at radius 2 is 2.00 bits per heavy atom. The van der Waals surface area contributed by atoms with Crippen LogP contribution in [-0.4, -0.2) is 35.9 Å². The minimum atomic E-state index is -0.0357. The third-order valence-electron chi connectivity index (χ3n) is 4.25. The van der Waals surface area contributed by atoms with Crippen LogP contribution in [0.5, 0.6) is 11.5 Å². The first-order valence-electron chi connectivity index (χ1n) is 8.36. The molecule has 0 spiro atoms. The molecule has 0 aliphatic carbocycles. The fourth-order valence-corrected chi connectivity index (χ4v) is 3.29. The zero-order valence-electron chi connectivity index (χ0n) is 15.1. The van der Waals surface area contributed by atoms with Crippen molar-refractivity contribution in [1.82, 2.24) is 9.97 Å². The number of fused-ring (bicyclic) bond motifs is 1. The lowest BCUT2D eigenvalue weighted by atomic mass is 10.0. The number of nitrogens with zero attached hydrogens (tertiary/aromatic N) is 2. The van der Waals surface area contributed by atoms with Crippen LogP contribution in [-0.2, 0) is 13.0 Å². The molecule has 0 amide bonds. The predicted molar refractivity (Wildman–Crippen MR) is 107 cm³/mol. The van der Waals surface area contributed by atoms with E-state index in [1.807, 2.05) is 18.2 Å². The molecule has 0 aliphatic rings. The number of rotatable bonds is 7. The molecule has 7 nitrogen and oxygen atoms in total. The van der Waals surface area contributed by atoms with Crippen LogP contribution in [0.4, 0.5) is 11.5 Å². The van der Waals surface area contributed by atoms with Gasteiger partial charge < -0.3 is 25.6 Å². The van der Waals surface area contributed by atoms with E-state index in [9.17, 15) is 5.11 Å². The summed E-state index contributed by atoms with van der Waals surface area (Å²) >= 11 is 6.18. The molecule has 0 fully saturated rings. The van der Waals surface area contributed by atoms with E-state index in [1.54, 1.807) is 20.3 Å². The molecule has 0 atom stereocenters. The van der Waals surface area contributed by atoms with Gasteiger partial charge in [0.25, 0.3) is 0 Å². The highest BCUT2D eigenvalue weighted by Crippen LogP contribution is 2.35. The Labute approximate surface area is 162 Å². The zero-order chi connectivity index (χ0) is 19.4. The number of nitrogen functional groups attached to an aromatic ring is 1. The first kappa shape index (κ1) is 19.0. The van der Waals surface area contributed by atoms with Gasteiger partial charge in [0.15, 0.2) is 0 Å². The van der Waals surface area contributed by atoms with Gasteiger partial charge in [0, 0.05) is 30.5 Å². The van der Waals surface area contributed by atoms with E-state index in [1.165, 1.54) is 6.33 Å². The van der Waals surface area contributed by atoms with Crippen LogP contribution in [0.1, 0.15) is 11.1 Å². The molecule has 0 radical (unpaired) electrons. The van der Waals surface area contributed by atoms with Gasteiger partial charge in [0.1, 0.15) is 23.6 Å². The largest absolute Gasteiger partial charge is 0.495 e. The van der Waals surface area contributed by atoms with Crippen molar-refractivity contribution in [3.05, 3.63) is 46.7 Å². The number of hydrogen-bond donors (Lipinski definition) is 3. The van der Waals surface area contributed by atoms with Crippen LogP contribution in [0.15, 0.2) is 30.6 Å². The molecule has 1 heterocycles. The number of aliphatic hydroxyl groups is 1. The van der Waals surface area contributed by atoms with Crippen molar-refractivity contribution in [1.29, 1.82) is 0 Å². The van der Waals surface area contributed by atoms with E-state index in [2.05, 4.69) is 15.3 Å². The maximum Gasteiger partial charge on any atom is 0.147 e. The van der Waals surface area contributed by atoms with Crippen molar-refractivity contribution in [2.45, 2.75) is 13.0 Å². The monoisotopic (exact) mass is 388 g/mol. The molecule has 0 aliphatic heterocycles. The average Bonchev–Trinajstić information content (AvgIpc) is 2.67. The van der Waals surface area contributed by atoms with Crippen LogP contribution < -0.4 is 20.5 Å². The Bertz CT molecular complexity index is 965. The van der Waals surface area contributed by atoms with E-state index in [4.69, 9.17) is 26.8 Å². The van der Waals surface area contributed by atoms with E-state index in [-0.39, 0.29) is 6.61 Å². The number of anilines is 2. The number of aliphatic hydroxyl groups excluding tert-OH is 1. The molecule has 142 valence electrons. The van der Waals surface area contributed by atoms with Gasteiger partial charge in [-0.15, -0.1) is 0 Å². The van der Waals surface area contributed by atoms with Gasteiger partial charge >= 0.3 is 0 Å². The minimum Gasteiger partial charge on any atom is -0.495 e. The molecule has 0 unspecified atom stereocenters. The predicted octanol–water partition coefficient (Wildman–Crippen LogP) is 3.03. The number of hydrogen-bond acceptors (Lipinski definition) is 7. The summed E-state index contributed by atoms with van der Waals surface area (Å²) in [7, 11) is 3.13. The number of ether oxygens (including phenoxy) is 2. The molecule has 2 aromatic carbocycles. The Hall–Kier alpha value is -2.77. The van der Waals surface area contributed by atoms with E-state index >= 15 is 0 Å². The van der Waals surface area contributed by atoms with Gasteiger partial charge in [-0.1, -0.05) is 17.7 Å². The zero-order valence-corrected chi connectivity index (χ0v) is 15.9. The Morgan fingerprint density at radius 1 is 1.19 bits per heavy atom. The molecule has 0 saturated carbocycles. The summed E-state index contributed by atoms with van der Waals surface area (Å²) < 4.78 is 10.6. The fraction of sp³-hybridized carbons (Fsp3) is 0.263. The highest BCUT2D eigenvalue weighted by molar-refractivity contribution is 6.32. The van der Waals surface area contributed by atoms with E-state index < -0.39 is 0 Å². The first-order valence-corrected chi connectivity index (χ1v) is 8.74. The maximum absolute atomic E-state index is 9.40. The van der Waals surface area contributed by atoms with Gasteiger partial charge in [-0.05, 0) is 23.8 Å². The van der Waals surface area contributed by atoms with Crippen LogP contribution in [0, 0.1) is 0 Å². The molecule has 3 rings (SSSR count). The Morgan fingerprint density at radius 3 is 2.67 bits per heavy atom. The Balaban J connectivity index is 1.96. The van der Waals surface area contributed by atoms with Gasteiger partial charge in [-0.2, -0.15) is 0 Å². The summed E-state index contributed by atoms with van der Waals surface area (Å²) in [6, 6.07) is 7.36. The number of methoxy groups -OCH3 is 2. The van der Waals surface area contributed by atoms with Crippen LogP contribution in [0.3, 0.4) is 0 Å². The third kappa shape index (κ3) is 3.84. The lowest BCUT2D eigenvalue weighted by molar-refractivity contribution is 0.297. The second-order valence-corrected chi connectivity index (χ2v) is 6.30. The van der Waals surface area contributed by atoms with Crippen molar-refractivity contribution < 1.29 is 14.6 Å². The van der Waals surface area contributed by atoms with Crippen molar-refractivity contribution in [3.8, 4) is 11.5 Å². The smallest absolute Gasteiger partial charge is 0.147 e. The molecule has 27 heavy (non-hydrogen) atoms. The second-order valence-electron chi connectivity index (χ2n) is 5.89. The number of halogens is 1. The standard InChI is InChI=1S/C19H21ClN4O3/c1-26-16-4-3-11(7-14(16)20)9-22-19-13-8-15(21)18(27-2)12(5-6-25)17(13)23-10-24-19/h3-4,7-8,10,25H,5-6,9,21H2,1-2H3,(H,22,23,24). The van der Waals surface area contributed by atoms with Gasteiger partial charge in [-0.25, -0.2) is 9.97 Å². The lowest BCUT2D eigenvalue weighted by Gasteiger charge is -2.15. The van der Waals surface area contributed by atoms with E-state index in [0.29, 0.717) is 46.5 Å². The summed E-state index contributed by atoms with van der Waals surface area (Å²) in [5, 5.41) is 14.0. The van der Waals surface area contributed by atoms with Gasteiger partial charge in [-0.3, -0.25) is 0 Å². The SMILES string of the molecule is COc1ccc(CNc2ncnc3c(CCO)c(OC)c(N)cc23)cc1Cl. The molecule has 0 saturated heterocycles. The van der Waals surface area contributed by atoms with Crippen molar-refractivity contribution in [2.24, 2.45) is 0 Å². The van der Waals surface area contributed by atoms with Crippen LogP contribution >= 0.6 is 11.6 Å². The summed E-state index contributed by atoms with van der Waals surface area (Å²) in [5.41, 5.74) is 9.03. The summed E-state index contributed by atoms with van der Waals surface area (Å²) in [4.78, 5) is 8.70. The maximum atomic E-state index is 9.40. The number of nitrogens with two attached hydrogens (primary N) is 1. The fourth-order valence-electron chi connectivity index (χ4n) is 3.01. The van der Waals surface area contributed by atoms with Crippen molar-refractivity contribution in [2.75, 3.05) is 31.9 Å². The number of benzene rings is 2. The van der Waals surface area contributed by atoms with Crippen molar-refractivity contribution >= 4 is 34.0 Å². The molecule has 0 bridgehead atoms. The second kappa shape index (κ2) is 8.28. The summed E-state index contributed by atoms with van der Waals surface area (Å²) in [5.74, 6) is 1.80. The van der Waals surface area contributed by atoms with E-state index in [0.717, 1.165) is 16.5 Å². The normalized spacial score (nSPS) is 10.8. The quantitative estimate of drug-likeness (QED) is 0.534. The minimum absolute atomic E-state index is 0.0357. The number of aromatic nitrogens is 2. The molecular formula is C19H21ClN4O3. The average molecular weight is 389 g/mol. The van der Waals surface area contributed by atoms with Crippen LogP contribution in [0.2, 0.25) is 5.02 Å². The third-order valence-corrected chi connectivity index (χ3v) is 4.54. The van der Waals surface area contributed by atoms with Gasteiger partial charge in [0.05, 0.1) is 30.4 Å². The summed E-state index contributed by atoms with van der Waals surface area (Å²) in [6.07, 6.45) is 1.86. The molecular weight excluding hydrogens is 368 g/mol. The first-order chi connectivity index (χ1) is 13.1. The molecule has 3 aromatic rings. The molecule has 4 N–H and O–H groups in total. The molecule has 8 heteroatoms. The topological polar surface area (TPSA) is 103 Å². The summed E-state index contributed by atoms with van der Waals surface area (Å²) in [6.45, 7) is 0.475. The van der Waals surface area contributed by atoms with Gasteiger partial charge in [0.2, 0.25) is 0 Å². The lowest BCUT2D eigenvalue weighted by Crippen LogP contribution is -2.06. The Kier molecular flexibility index (Phi) is 5.83.